The van der Waals surface area contributed by atoms with E-state index < -0.39 is 0 Å². The molecule has 0 aliphatic carbocycles. The Morgan fingerprint density at radius 2 is 1.95 bits per heavy atom. The lowest BCUT2D eigenvalue weighted by atomic mass is 10.2. The molecular formula is C16H15ClN2O2S. The number of benzene rings is 2. The number of phenols is 1. The fourth-order valence-corrected chi connectivity index (χ4v) is 2.60. The maximum absolute atomic E-state index is 11.6. The molecule has 0 spiro atoms. The van der Waals surface area contributed by atoms with Crippen LogP contribution in [0.2, 0.25) is 5.02 Å². The summed E-state index contributed by atoms with van der Waals surface area (Å²) in [6.07, 6.45) is 1.77. The Balaban J connectivity index is 1.72. The highest BCUT2D eigenvalue weighted by Gasteiger charge is 2.01. The van der Waals surface area contributed by atoms with Gasteiger partial charge in [0.05, 0.1) is 6.21 Å². The number of amides is 1. The molecule has 6 heteroatoms. The SMILES string of the molecule is O=C(CCSc1ccc(Cl)cc1)N/N=C\c1ccccc1O. The number of nitrogens with zero attached hydrogens (tertiary/aromatic N) is 1. The highest BCUT2D eigenvalue weighted by molar-refractivity contribution is 7.99. The summed E-state index contributed by atoms with van der Waals surface area (Å²) >= 11 is 7.39. The van der Waals surface area contributed by atoms with Gasteiger partial charge in [-0.1, -0.05) is 23.7 Å². The van der Waals surface area contributed by atoms with Crippen LogP contribution in [0.3, 0.4) is 0 Å². The van der Waals surface area contributed by atoms with E-state index >= 15 is 0 Å². The summed E-state index contributed by atoms with van der Waals surface area (Å²) in [5.74, 6) is 0.603. The molecule has 2 aromatic carbocycles. The Hall–Kier alpha value is -1.98. The number of halogens is 1. The van der Waals surface area contributed by atoms with E-state index in [-0.39, 0.29) is 11.7 Å². The maximum atomic E-state index is 11.6. The fourth-order valence-electron chi connectivity index (χ4n) is 1.62. The summed E-state index contributed by atoms with van der Waals surface area (Å²) in [5.41, 5.74) is 2.99. The van der Waals surface area contributed by atoms with Crippen molar-refractivity contribution in [3.05, 3.63) is 59.1 Å². The Kier molecular flexibility index (Phi) is 6.30. The lowest BCUT2D eigenvalue weighted by molar-refractivity contribution is -0.120. The number of phenolic OH excluding ortho intramolecular Hbond substituents is 1. The van der Waals surface area contributed by atoms with Crippen molar-refractivity contribution in [3.63, 3.8) is 0 Å². The van der Waals surface area contributed by atoms with Gasteiger partial charge in [-0.25, -0.2) is 5.43 Å². The zero-order valence-corrected chi connectivity index (χ0v) is 13.3. The lowest BCUT2D eigenvalue weighted by Crippen LogP contribution is -2.17. The van der Waals surface area contributed by atoms with Gasteiger partial charge in [0.15, 0.2) is 0 Å². The van der Waals surface area contributed by atoms with E-state index in [2.05, 4.69) is 10.5 Å². The molecule has 114 valence electrons. The summed E-state index contributed by atoms with van der Waals surface area (Å²) < 4.78 is 0. The molecule has 2 N–H and O–H groups in total. The van der Waals surface area contributed by atoms with Gasteiger partial charge < -0.3 is 5.11 Å². The number of aromatic hydroxyl groups is 1. The molecule has 0 atom stereocenters. The molecule has 2 rings (SSSR count). The molecule has 0 heterocycles. The predicted octanol–water partition coefficient (Wildman–Crippen LogP) is 3.68. The molecule has 0 saturated carbocycles. The molecule has 0 bridgehead atoms. The van der Waals surface area contributed by atoms with E-state index in [1.165, 1.54) is 6.21 Å². The topological polar surface area (TPSA) is 61.7 Å². The normalized spacial score (nSPS) is 10.8. The number of nitrogens with one attached hydrogen (secondary N) is 1. The van der Waals surface area contributed by atoms with Gasteiger partial charge in [-0.2, -0.15) is 5.10 Å². The number of para-hydroxylation sites is 1. The van der Waals surface area contributed by atoms with E-state index in [0.29, 0.717) is 22.8 Å². The Bertz CT molecular complexity index is 659. The minimum absolute atomic E-state index is 0.124. The van der Waals surface area contributed by atoms with E-state index in [0.717, 1.165) is 4.90 Å². The molecule has 0 aromatic heterocycles. The molecule has 1 amide bonds. The average molecular weight is 335 g/mol. The van der Waals surface area contributed by atoms with Gasteiger partial charge in [-0.3, -0.25) is 4.79 Å². The van der Waals surface area contributed by atoms with Crippen LogP contribution in [0.1, 0.15) is 12.0 Å². The van der Waals surface area contributed by atoms with Crippen LogP contribution in [0.15, 0.2) is 58.5 Å². The Morgan fingerprint density at radius 3 is 2.68 bits per heavy atom. The summed E-state index contributed by atoms with van der Waals surface area (Å²) in [6.45, 7) is 0. The van der Waals surface area contributed by atoms with Gasteiger partial charge >= 0.3 is 0 Å². The van der Waals surface area contributed by atoms with Gasteiger partial charge in [0, 0.05) is 27.7 Å². The molecule has 0 radical (unpaired) electrons. The van der Waals surface area contributed by atoms with Gasteiger partial charge in [-0.05, 0) is 36.4 Å². The predicted molar refractivity (Wildman–Crippen MR) is 90.6 cm³/mol. The van der Waals surface area contributed by atoms with Crippen molar-refractivity contribution < 1.29 is 9.90 Å². The van der Waals surface area contributed by atoms with Gasteiger partial charge in [0.1, 0.15) is 5.75 Å². The van der Waals surface area contributed by atoms with Crippen molar-refractivity contribution in [2.45, 2.75) is 11.3 Å². The zero-order valence-electron chi connectivity index (χ0n) is 11.7. The summed E-state index contributed by atoms with van der Waals surface area (Å²) in [6, 6.07) is 14.3. The second kappa shape index (κ2) is 8.46. The van der Waals surface area contributed by atoms with E-state index in [9.17, 15) is 9.90 Å². The number of rotatable bonds is 6. The van der Waals surface area contributed by atoms with Crippen LogP contribution in [0.25, 0.3) is 0 Å². The van der Waals surface area contributed by atoms with E-state index in [4.69, 9.17) is 11.6 Å². The average Bonchev–Trinajstić information content (AvgIpc) is 2.51. The van der Waals surface area contributed by atoms with Gasteiger partial charge in [0.2, 0.25) is 5.91 Å². The first-order valence-corrected chi connectivity index (χ1v) is 8.00. The standard InChI is InChI=1S/C16H15ClN2O2S/c17-13-5-7-14(8-6-13)22-10-9-16(21)19-18-11-12-3-1-2-4-15(12)20/h1-8,11,20H,9-10H2,(H,19,21)/b18-11-. The lowest BCUT2D eigenvalue weighted by Gasteiger charge is -2.02. The quantitative estimate of drug-likeness (QED) is 0.481. The molecule has 0 aliphatic rings. The zero-order chi connectivity index (χ0) is 15.8. The third-order valence-corrected chi connectivity index (χ3v) is 4.01. The molecule has 4 nitrogen and oxygen atoms in total. The van der Waals surface area contributed by atoms with Crippen LogP contribution in [0, 0.1) is 0 Å². The summed E-state index contributed by atoms with van der Waals surface area (Å²) in [5, 5.41) is 14.1. The summed E-state index contributed by atoms with van der Waals surface area (Å²) in [4.78, 5) is 12.7. The highest BCUT2D eigenvalue weighted by atomic mass is 35.5. The van der Waals surface area contributed by atoms with Crippen molar-refractivity contribution in [1.82, 2.24) is 5.43 Å². The second-order valence-corrected chi connectivity index (χ2v) is 6.01. The van der Waals surface area contributed by atoms with Crippen molar-refractivity contribution in [2.24, 2.45) is 5.10 Å². The van der Waals surface area contributed by atoms with E-state index in [1.807, 2.05) is 24.3 Å². The monoisotopic (exact) mass is 334 g/mol. The Labute approximate surface area is 138 Å². The van der Waals surface area contributed by atoms with Gasteiger partial charge in [-0.15, -0.1) is 11.8 Å². The molecule has 0 fully saturated rings. The van der Waals surface area contributed by atoms with Crippen LogP contribution in [-0.2, 0) is 4.79 Å². The largest absolute Gasteiger partial charge is 0.507 e. The van der Waals surface area contributed by atoms with Crippen molar-refractivity contribution in [3.8, 4) is 5.75 Å². The molecule has 0 aliphatic heterocycles. The second-order valence-electron chi connectivity index (χ2n) is 4.40. The molecule has 0 saturated heterocycles. The van der Waals surface area contributed by atoms with Crippen molar-refractivity contribution >= 4 is 35.5 Å². The van der Waals surface area contributed by atoms with Crippen LogP contribution in [-0.4, -0.2) is 23.0 Å². The van der Waals surface area contributed by atoms with Crippen molar-refractivity contribution in [2.75, 3.05) is 5.75 Å². The molecule has 2 aromatic rings. The van der Waals surface area contributed by atoms with Crippen LogP contribution in [0.5, 0.6) is 5.75 Å². The minimum atomic E-state index is -0.173. The fraction of sp³-hybridized carbons (Fsp3) is 0.125. The number of carbonyl (C=O) groups is 1. The van der Waals surface area contributed by atoms with Gasteiger partial charge in [0.25, 0.3) is 0 Å². The third-order valence-electron chi connectivity index (χ3n) is 2.74. The number of thioether (sulfide) groups is 1. The number of hydrazone groups is 1. The van der Waals surface area contributed by atoms with E-state index in [1.54, 1.807) is 36.0 Å². The third kappa shape index (κ3) is 5.42. The first kappa shape index (κ1) is 16.4. The molecule has 0 unspecified atom stereocenters. The number of carbonyl (C=O) groups excluding carboxylic acids is 1. The minimum Gasteiger partial charge on any atom is -0.507 e. The smallest absolute Gasteiger partial charge is 0.240 e. The molecular weight excluding hydrogens is 320 g/mol. The maximum Gasteiger partial charge on any atom is 0.240 e. The highest BCUT2D eigenvalue weighted by Crippen LogP contribution is 2.20. The Morgan fingerprint density at radius 1 is 1.23 bits per heavy atom. The van der Waals surface area contributed by atoms with Crippen LogP contribution in [0.4, 0.5) is 0 Å². The first-order valence-electron chi connectivity index (χ1n) is 6.63. The van der Waals surface area contributed by atoms with Crippen molar-refractivity contribution in [1.29, 1.82) is 0 Å². The summed E-state index contributed by atoms with van der Waals surface area (Å²) in [7, 11) is 0. The molecule has 22 heavy (non-hydrogen) atoms. The number of hydrogen-bond donors (Lipinski definition) is 2. The van der Waals surface area contributed by atoms with Crippen LogP contribution < -0.4 is 5.43 Å². The van der Waals surface area contributed by atoms with Crippen LogP contribution >= 0.6 is 23.4 Å². The number of hydrogen-bond acceptors (Lipinski definition) is 4. The first-order chi connectivity index (χ1) is 10.6.